The lowest BCUT2D eigenvalue weighted by Crippen LogP contribution is -1.88. The summed E-state index contributed by atoms with van der Waals surface area (Å²) >= 11 is 5.83. The third-order valence-corrected chi connectivity index (χ3v) is 3.56. The Labute approximate surface area is 96.0 Å². The molecule has 0 amide bonds. The average Bonchev–Trinajstić information content (AvgIpc) is 2.07. The highest BCUT2D eigenvalue weighted by molar-refractivity contribution is 14.1. The van der Waals surface area contributed by atoms with E-state index in [-0.39, 0.29) is 0 Å². The van der Waals surface area contributed by atoms with E-state index in [9.17, 15) is 0 Å². The van der Waals surface area contributed by atoms with Crippen LogP contribution in [0.4, 0.5) is 0 Å². The van der Waals surface area contributed by atoms with E-state index >= 15 is 0 Å². The number of alkyl halides is 1. The second kappa shape index (κ2) is 5.22. The van der Waals surface area contributed by atoms with E-state index in [1.807, 2.05) is 0 Å². The predicted octanol–water partition coefficient (Wildman–Crippen LogP) is 3.93. The van der Waals surface area contributed by atoms with E-state index in [0.29, 0.717) is 0 Å². The molecule has 0 spiro atoms. The van der Waals surface area contributed by atoms with Gasteiger partial charge in [-0.1, -0.05) is 28.1 Å². The standard InChI is InChI=1S/C10H12BrI/c1-8-4-5-9(3-2-6-11)7-10(8)12/h4-5,7H,2-3,6H2,1H3. The lowest BCUT2D eigenvalue weighted by Gasteiger charge is -2.02. The molecule has 0 nitrogen and oxygen atoms in total. The fourth-order valence-corrected chi connectivity index (χ4v) is 1.92. The highest BCUT2D eigenvalue weighted by atomic mass is 127. The monoisotopic (exact) mass is 338 g/mol. The fourth-order valence-electron chi connectivity index (χ4n) is 1.06. The van der Waals surface area contributed by atoms with Crippen LogP contribution in [-0.2, 0) is 6.42 Å². The summed E-state index contributed by atoms with van der Waals surface area (Å²) in [6.45, 7) is 2.15. The largest absolute Gasteiger partial charge is 0.0928 e. The first-order valence-corrected chi connectivity index (χ1v) is 6.25. The summed E-state index contributed by atoms with van der Waals surface area (Å²) in [5.74, 6) is 0. The minimum absolute atomic E-state index is 1.09. The number of hydrogen-bond acceptors (Lipinski definition) is 0. The van der Waals surface area contributed by atoms with Crippen LogP contribution >= 0.6 is 38.5 Å². The molecule has 0 bridgehead atoms. The molecular formula is C10H12BrI. The van der Waals surface area contributed by atoms with E-state index in [0.717, 1.165) is 5.33 Å². The molecule has 12 heavy (non-hydrogen) atoms. The summed E-state index contributed by atoms with van der Waals surface area (Å²) in [7, 11) is 0. The molecule has 0 aliphatic carbocycles. The van der Waals surface area contributed by atoms with Crippen LogP contribution < -0.4 is 0 Å². The molecule has 0 saturated heterocycles. The first-order chi connectivity index (χ1) is 5.74. The lowest BCUT2D eigenvalue weighted by molar-refractivity contribution is 0.937. The second-order valence-corrected chi connectivity index (χ2v) is 4.83. The van der Waals surface area contributed by atoms with Crippen molar-refractivity contribution in [1.82, 2.24) is 0 Å². The summed E-state index contributed by atoms with van der Waals surface area (Å²) < 4.78 is 1.37. The van der Waals surface area contributed by atoms with E-state index in [1.54, 1.807) is 0 Å². The number of halogens is 2. The molecule has 0 atom stereocenters. The molecule has 0 radical (unpaired) electrons. The van der Waals surface area contributed by atoms with Gasteiger partial charge in [0.25, 0.3) is 0 Å². The quantitative estimate of drug-likeness (QED) is 0.578. The Balaban J connectivity index is 2.69. The molecule has 66 valence electrons. The molecule has 1 aromatic carbocycles. The summed E-state index contributed by atoms with van der Waals surface area (Å²) in [5.41, 5.74) is 2.82. The van der Waals surface area contributed by atoms with Crippen molar-refractivity contribution in [2.75, 3.05) is 5.33 Å². The van der Waals surface area contributed by atoms with E-state index in [1.165, 1.54) is 27.5 Å². The van der Waals surface area contributed by atoms with Gasteiger partial charge in [-0.2, -0.15) is 0 Å². The summed E-state index contributed by atoms with van der Waals surface area (Å²) in [6.07, 6.45) is 2.40. The summed E-state index contributed by atoms with van der Waals surface area (Å²) in [5, 5.41) is 1.09. The molecule has 0 N–H and O–H groups in total. The second-order valence-electron chi connectivity index (χ2n) is 2.88. The minimum Gasteiger partial charge on any atom is -0.0928 e. The highest BCUT2D eigenvalue weighted by Gasteiger charge is 1.96. The first-order valence-electron chi connectivity index (χ1n) is 4.05. The van der Waals surface area contributed by atoms with E-state index in [2.05, 4.69) is 63.6 Å². The zero-order valence-electron chi connectivity index (χ0n) is 7.11. The van der Waals surface area contributed by atoms with Crippen molar-refractivity contribution >= 4 is 38.5 Å². The minimum atomic E-state index is 1.09. The average molecular weight is 339 g/mol. The maximum absolute atomic E-state index is 3.44. The van der Waals surface area contributed by atoms with Gasteiger partial charge in [0.2, 0.25) is 0 Å². The third-order valence-electron chi connectivity index (χ3n) is 1.84. The smallest absolute Gasteiger partial charge is 0.0162 e. The lowest BCUT2D eigenvalue weighted by atomic mass is 10.1. The van der Waals surface area contributed by atoms with Crippen molar-refractivity contribution in [2.24, 2.45) is 0 Å². The molecule has 0 aromatic heterocycles. The van der Waals surface area contributed by atoms with Gasteiger partial charge >= 0.3 is 0 Å². The van der Waals surface area contributed by atoms with Gasteiger partial charge in [0.1, 0.15) is 0 Å². The number of rotatable bonds is 3. The van der Waals surface area contributed by atoms with E-state index in [4.69, 9.17) is 0 Å². The molecular weight excluding hydrogens is 327 g/mol. The fraction of sp³-hybridized carbons (Fsp3) is 0.400. The van der Waals surface area contributed by atoms with Gasteiger partial charge in [-0.05, 0) is 59.5 Å². The van der Waals surface area contributed by atoms with Crippen LogP contribution in [0.15, 0.2) is 18.2 Å². The zero-order valence-corrected chi connectivity index (χ0v) is 10.9. The van der Waals surface area contributed by atoms with Crippen LogP contribution in [0.5, 0.6) is 0 Å². The van der Waals surface area contributed by atoms with Crippen molar-refractivity contribution < 1.29 is 0 Å². The Hall–Kier alpha value is 0.430. The van der Waals surface area contributed by atoms with Crippen molar-refractivity contribution in [2.45, 2.75) is 19.8 Å². The van der Waals surface area contributed by atoms with Crippen LogP contribution in [0.1, 0.15) is 17.5 Å². The summed E-state index contributed by atoms with van der Waals surface area (Å²) in [4.78, 5) is 0. The van der Waals surface area contributed by atoms with Crippen LogP contribution in [0.3, 0.4) is 0 Å². The SMILES string of the molecule is Cc1ccc(CCCBr)cc1I. The highest BCUT2D eigenvalue weighted by Crippen LogP contribution is 2.14. The van der Waals surface area contributed by atoms with Crippen molar-refractivity contribution in [3.8, 4) is 0 Å². The Morgan fingerprint density at radius 1 is 1.42 bits per heavy atom. The molecule has 0 heterocycles. The molecule has 2 heteroatoms. The zero-order chi connectivity index (χ0) is 8.97. The van der Waals surface area contributed by atoms with Gasteiger partial charge in [-0.15, -0.1) is 0 Å². The van der Waals surface area contributed by atoms with Gasteiger partial charge in [0.15, 0.2) is 0 Å². The molecule has 0 saturated carbocycles. The number of benzene rings is 1. The van der Waals surface area contributed by atoms with Crippen LogP contribution in [0.25, 0.3) is 0 Å². The Bertz CT molecular complexity index is 258. The van der Waals surface area contributed by atoms with E-state index < -0.39 is 0 Å². The molecule has 0 aliphatic rings. The van der Waals surface area contributed by atoms with Gasteiger partial charge in [0, 0.05) is 8.90 Å². The number of hydrogen-bond donors (Lipinski definition) is 0. The van der Waals surface area contributed by atoms with Crippen molar-refractivity contribution in [3.63, 3.8) is 0 Å². The van der Waals surface area contributed by atoms with Gasteiger partial charge in [0.05, 0.1) is 0 Å². The predicted molar refractivity (Wildman–Crippen MR) is 66.0 cm³/mol. The summed E-state index contributed by atoms with van der Waals surface area (Å²) in [6, 6.07) is 6.70. The third kappa shape index (κ3) is 3.05. The Morgan fingerprint density at radius 2 is 2.17 bits per heavy atom. The molecule has 0 aliphatic heterocycles. The molecule has 1 aromatic rings. The normalized spacial score (nSPS) is 10.2. The van der Waals surface area contributed by atoms with Gasteiger partial charge in [-0.25, -0.2) is 0 Å². The van der Waals surface area contributed by atoms with Crippen LogP contribution in [-0.4, -0.2) is 5.33 Å². The van der Waals surface area contributed by atoms with Gasteiger partial charge < -0.3 is 0 Å². The molecule has 0 unspecified atom stereocenters. The molecule has 1 rings (SSSR count). The van der Waals surface area contributed by atoms with Crippen molar-refractivity contribution in [1.29, 1.82) is 0 Å². The topological polar surface area (TPSA) is 0 Å². The van der Waals surface area contributed by atoms with Crippen molar-refractivity contribution in [3.05, 3.63) is 32.9 Å². The first kappa shape index (κ1) is 10.5. The Morgan fingerprint density at radius 3 is 2.75 bits per heavy atom. The van der Waals surface area contributed by atoms with Crippen LogP contribution in [0, 0.1) is 10.5 Å². The van der Waals surface area contributed by atoms with Gasteiger partial charge in [-0.3, -0.25) is 0 Å². The Kier molecular flexibility index (Phi) is 4.57. The molecule has 0 fully saturated rings. The maximum Gasteiger partial charge on any atom is 0.0162 e. The maximum atomic E-state index is 3.44. The van der Waals surface area contributed by atoms with Crippen LogP contribution in [0.2, 0.25) is 0 Å². The number of aryl methyl sites for hydroxylation is 2.